The maximum absolute atomic E-state index is 13.5. The van der Waals surface area contributed by atoms with Gasteiger partial charge in [0.2, 0.25) is 5.91 Å². The number of piperidine rings is 1. The van der Waals surface area contributed by atoms with Crippen LogP contribution in [-0.2, 0) is 39.0 Å². The van der Waals surface area contributed by atoms with Crippen LogP contribution in [0.15, 0.2) is 42.5 Å². The van der Waals surface area contributed by atoms with Gasteiger partial charge >= 0.3 is 6.16 Å². The van der Waals surface area contributed by atoms with Crippen LogP contribution in [-0.4, -0.2) is 94.4 Å². The number of carbonyl (C=O) groups excluding carboxylic acids is 3. The van der Waals surface area contributed by atoms with E-state index in [0.29, 0.717) is 44.9 Å². The number of hydrogen-bond acceptors (Lipinski definition) is 12. The summed E-state index contributed by atoms with van der Waals surface area (Å²) in [6, 6.07) is 11.1. The van der Waals surface area contributed by atoms with Crippen molar-refractivity contribution < 1.29 is 43.6 Å². The smallest absolute Gasteiger partial charge is 0.424 e. The molecule has 1 aromatic heterocycles. The SMILES string of the molecule is COCCCc1nn(C)c2ccc(C[C@@H](C[C@H](N)[C@@H](O)C[C@H](C(=O)NC3CCN(C(=O)COC(=O)Oc4cccc(O[N+](=O)[O-])c4)CC3)C(C)C)C(C)C)cc12. The minimum absolute atomic E-state index is 0.0383. The summed E-state index contributed by atoms with van der Waals surface area (Å²) >= 11 is 0. The number of aryl methyl sites for hydroxylation is 2. The summed E-state index contributed by atoms with van der Waals surface area (Å²) in [5.41, 5.74) is 10.0. The Morgan fingerprint density at radius 2 is 1.77 bits per heavy atom. The summed E-state index contributed by atoms with van der Waals surface area (Å²) in [6.45, 7) is 9.10. The van der Waals surface area contributed by atoms with Crippen molar-refractivity contribution in [2.75, 3.05) is 33.4 Å². The number of amides is 2. The van der Waals surface area contributed by atoms with E-state index in [9.17, 15) is 29.6 Å². The summed E-state index contributed by atoms with van der Waals surface area (Å²) in [5.74, 6) is -0.718. The van der Waals surface area contributed by atoms with Gasteiger partial charge in [-0.1, -0.05) is 39.8 Å². The quantitative estimate of drug-likeness (QED) is 0.0472. The number of rotatable bonds is 20. The number of aliphatic hydroxyl groups excluding tert-OH is 1. The number of likely N-dealkylation sites (tertiary alicyclic amines) is 1. The van der Waals surface area contributed by atoms with Gasteiger partial charge in [-0.15, -0.1) is 10.1 Å². The molecule has 0 aliphatic carbocycles. The molecule has 16 nitrogen and oxygen atoms in total. The lowest BCUT2D eigenvalue weighted by molar-refractivity contribution is -0.711. The highest BCUT2D eigenvalue weighted by Crippen LogP contribution is 2.29. The molecule has 1 fully saturated rings. The lowest BCUT2D eigenvalue weighted by Gasteiger charge is -2.34. The maximum Gasteiger partial charge on any atom is 0.514 e. The number of benzene rings is 2. The molecule has 4 rings (SSSR count). The molecule has 0 radical (unpaired) electrons. The molecule has 0 spiro atoms. The first-order valence-electron chi connectivity index (χ1n) is 19.4. The zero-order chi connectivity index (χ0) is 40.9. The Morgan fingerprint density at radius 1 is 1.05 bits per heavy atom. The third-order valence-corrected chi connectivity index (χ3v) is 10.6. The van der Waals surface area contributed by atoms with Crippen molar-refractivity contribution >= 4 is 28.9 Å². The molecule has 2 amide bonds. The van der Waals surface area contributed by atoms with E-state index < -0.39 is 41.8 Å². The minimum Gasteiger partial charge on any atom is -0.424 e. The van der Waals surface area contributed by atoms with Crippen LogP contribution in [0.3, 0.4) is 0 Å². The molecule has 2 aromatic carbocycles. The number of fused-ring (bicyclic) bond motifs is 1. The first-order valence-corrected chi connectivity index (χ1v) is 19.4. The van der Waals surface area contributed by atoms with Crippen LogP contribution in [0.25, 0.3) is 10.9 Å². The van der Waals surface area contributed by atoms with Gasteiger partial charge in [-0.25, -0.2) is 4.79 Å². The lowest BCUT2D eigenvalue weighted by atomic mass is 9.80. The summed E-state index contributed by atoms with van der Waals surface area (Å²) in [5, 5.41) is 29.9. The Hall–Kier alpha value is -4.80. The largest absolute Gasteiger partial charge is 0.514 e. The Morgan fingerprint density at radius 3 is 2.43 bits per heavy atom. The van der Waals surface area contributed by atoms with Crippen LogP contribution >= 0.6 is 0 Å². The zero-order valence-electron chi connectivity index (χ0n) is 33.3. The van der Waals surface area contributed by atoms with Crippen LogP contribution in [0.2, 0.25) is 0 Å². The van der Waals surface area contributed by atoms with E-state index in [1.165, 1.54) is 23.8 Å². The first-order chi connectivity index (χ1) is 26.6. The van der Waals surface area contributed by atoms with Crippen molar-refractivity contribution in [1.82, 2.24) is 20.0 Å². The third kappa shape index (κ3) is 12.9. The predicted octanol–water partition coefficient (Wildman–Crippen LogP) is 4.60. The second kappa shape index (κ2) is 20.9. The number of methoxy groups -OCH3 is 1. The van der Waals surface area contributed by atoms with Crippen molar-refractivity contribution in [2.24, 2.45) is 36.5 Å². The molecule has 4 N–H and O–H groups in total. The van der Waals surface area contributed by atoms with E-state index in [2.05, 4.69) is 42.2 Å². The minimum atomic E-state index is -1.15. The molecule has 3 aromatic rings. The van der Waals surface area contributed by atoms with E-state index in [0.717, 1.165) is 41.9 Å². The van der Waals surface area contributed by atoms with Crippen molar-refractivity contribution in [3.8, 4) is 11.5 Å². The molecular weight excluding hydrogens is 724 g/mol. The van der Waals surface area contributed by atoms with Crippen molar-refractivity contribution in [3.63, 3.8) is 0 Å². The van der Waals surface area contributed by atoms with Crippen molar-refractivity contribution in [3.05, 3.63) is 63.8 Å². The van der Waals surface area contributed by atoms with Crippen LogP contribution in [0.4, 0.5) is 4.79 Å². The zero-order valence-corrected chi connectivity index (χ0v) is 33.3. The first kappa shape index (κ1) is 43.9. The second-order valence-corrected chi connectivity index (χ2v) is 15.4. The lowest BCUT2D eigenvalue weighted by Crippen LogP contribution is -2.50. The molecule has 308 valence electrons. The molecule has 1 saturated heterocycles. The number of nitrogens with one attached hydrogen (secondary N) is 1. The predicted molar refractivity (Wildman–Crippen MR) is 208 cm³/mol. The van der Waals surface area contributed by atoms with E-state index in [1.54, 1.807) is 12.0 Å². The van der Waals surface area contributed by atoms with E-state index in [-0.39, 0.29) is 41.7 Å². The molecule has 4 atom stereocenters. The molecular formula is C40H58N6O10. The number of ether oxygens (including phenoxy) is 3. The van der Waals surface area contributed by atoms with Gasteiger partial charge in [0.1, 0.15) is 11.5 Å². The van der Waals surface area contributed by atoms with Gasteiger partial charge in [0, 0.05) is 63.3 Å². The summed E-state index contributed by atoms with van der Waals surface area (Å²) in [7, 11) is 3.67. The van der Waals surface area contributed by atoms with Crippen molar-refractivity contribution in [2.45, 2.75) is 90.8 Å². The molecule has 2 heterocycles. The van der Waals surface area contributed by atoms with Crippen molar-refractivity contribution in [1.29, 1.82) is 0 Å². The topological polar surface area (TPSA) is 211 Å². The number of carbonyl (C=O) groups is 3. The Kier molecular flexibility index (Phi) is 16.4. The van der Waals surface area contributed by atoms with Gasteiger partial charge in [0.15, 0.2) is 6.61 Å². The normalized spacial score (nSPS) is 15.7. The molecule has 0 bridgehead atoms. The molecule has 0 saturated carbocycles. The fourth-order valence-corrected chi connectivity index (χ4v) is 7.20. The number of nitrogens with zero attached hydrogens (tertiary/aromatic N) is 4. The maximum atomic E-state index is 13.5. The van der Waals surface area contributed by atoms with Crippen LogP contribution in [0.1, 0.15) is 71.1 Å². The van der Waals surface area contributed by atoms with E-state index in [1.807, 2.05) is 25.6 Å². The number of aromatic nitrogens is 2. The molecule has 16 heteroatoms. The fraction of sp³-hybridized carbons (Fsp3) is 0.600. The molecule has 1 aliphatic rings. The van der Waals surface area contributed by atoms with Gasteiger partial charge in [-0.05, 0) is 92.5 Å². The highest BCUT2D eigenvalue weighted by molar-refractivity contribution is 5.83. The molecule has 1 aliphatic heterocycles. The Balaban J connectivity index is 1.24. The van der Waals surface area contributed by atoms with Crippen LogP contribution in [0, 0.1) is 33.8 Å². The van der Waals surface area contributed by atoms with Gasteiger partial charge in [0.05, 0.1) is 17.3 Å². The van der Waals surface area contributed by atoms with Crippen LogP contribution in [0.5, 0.6) is 11.5 Å². The summed E-state index contributed by atoms with van der Waals surface area (Å²) in [4.78, 5) is 54.8. The highest BCUT2D eigenvalue weighted by Gasteiger charge is 2.32. The molecule has 56 heavy (non-hydrogen) atoms. The van der Waals surface area contributed by atoms with Gasteiger partial charge in [-0.3, -0.25) is 19.1 Å². The Labute approximate surface area is 328 Å². The Bertz CT molecular complexity index is 1770. The van der Waals surface area contributed by atoms with E-state index >= 15 is 0 Å². The highest BCUT2D eigenvalue weighted by atomic mass is 17.0. The average molecular weight is 783 g/mol. The third-order valence-electron chi connectivity index (χ3n) is 10.6. The average Bonchev–Trinajstić information content (AvgIpc) is 3.46. The second-order valence-electron chi connectivity index (χ2n) is 15.4. The summed E-state index contributed by atoms with van der Waals surface area (Å²) in [6.07, 6.45) is 2.39. The summed E-state index contributed by atoms with van der Waals surface area (Å²) < 4.78 is 17.1. The van der Waals surface area contributed by atoms with Gasteiger partial charge in [0.25, 0.3) is 11.0 Å². The van der Waals surface area contributed by atoms with E-state index in [4.69, 9.17) is 25.0 Å². The number of nitrogens with two attached hydrogens (primary N) is 1. The van der Waals surface area contributed by atoms with Crippen LogP contribution < -0.4 is 20.6 Å². The number of hydrogen-bond donors (Lipinski definition) is 3. The monoisotopic (exact) mass is 782 g/mol. The fourth-order valence-electron chi connectivity index (χ4n) is 7.20. The van der Waals surface area contributed by atoms with Gasteiger partial charge < -0.3 is 35.3 Å². The molecule has 0 unspecified atom stereocenters. The standard InChI is InChI=1S/C40H58N6O10/c1-25(2)28(19-27-12-13-36-33(20-27)35(43-44(36)5)11-8-18-53-6)21-34(41)37(47)23-32(26(3)4)39(49)42-29-14-16-45(17-15-29)38(48)24-54-40(50)55-30-9-7-10-31(22-30)56-46(51)52/h7,9-10,12-13,20,22,25-26,28-29,32,34,37,47H,8,11,14-19,21,23-24,41H2,1-6H3,(H,42,49)/t28-,32-,34-,37-/m0/s1. The number of aliphatic hydroxyl groups is 1. The van der Waals surface area contributed by atoms with Gasteiger partial charge in [-0.2, -0.15) is 5.10 Å².